The van der Waals surface area contributed by atoms with Gasteiger partial charge in [-0.15, -0.1) is 0 Å². The second kappa shape index (κ2) is 7.81. The van der Waals surface area contributed by atoms with Gasteiger partial charge in [-0.3, -0.25) is 4.79 Å². The number of hydrogen-bond donors (Lipinski definition) is 2. The van der Waals surface area contributed by atoms with Crippen LogP contribution in [0.25, 0.3) is 0 Å². The van der Waals surface area contributed by atoms with Crippen LogP contribution in [0.5, 0.6) is 17.2 Å². The molecule has 0 saturated carbocycles. The molecule has 1 amide bonds. The Morgan fingerprint density at radius 2 is 1.85 bits per heavy atom. The largest absolute Gasteiger partial charge is 0.507 e. The molecule has 0 fully saturated rings. The first-order valence-electron chi connectivity index (χ1n) is 7.77. The first-order chi connectivity index (χ1) is 12.4. The van der Waals surface area contributed by atoms with E-state index in [0.717, 1.165) is 0 Å². The number of carbonyl (C=O) groups is 1. The van der Waals surface area contributed by atoms with E-state index in [9.17, 15) is 9.90 Å². The number of benzene rings is 3. The van der Waals surface area contributed by atoms with Crippen molar-refractivity contribution < 1.29 is 14.6 Å². The minimum absolute atomic E-state index is 0.0711. The summed E-state index contributed by atoms with van der Waals surface area (Å²) < 4.78 is 6.53. The van der Waals surface area contributed by atoms with E-state index in [4.69, 9.17) is 16.3 Å². The van der Waals surface area contributed by atoms with Gasteiger partial charge in [-0.05, 0) is 55.0 Å². The van der Waals surface area contributed by atoms with E-state index in [1.54, 1.807) is 37.3 Å². The number of aryl methyl sites for hydroxylation is 1. The number of phenolic OH excluding ortho intramolecular Hbond substituents is 1. The molecule has 0 unspecified atom stereocenters. The Hall–Kier alpha value is -2.50. The normalized spacial score (nSPS) is 10.4. The summed E-state index contributed by atoms with van der Waals surface area (Å²) in [7, 11) is 0. The van der Waals surface area contributed by atoms with Crippen LogP contribution in [-0.4, -0.2) is 11.0 Å². The number of nitrogens with one attached hydrogen (secondary N) is 1. The molecule has 3 aromatic rings. The number of para-hydroxylation sites is 1. The number of ether oxygens (including phenoxy) is 1. The molecule has 0 saturated heterocycles. The lowest BCUT2D eigenvalue weighted by Crippen LogP contribution is -2.13. The quantitative estimate of drug-likeness (QED) is 0.519. The van der Waals surface area contributed by atoms with Crippen LogP contribution in [0, 0.1) is 6.92 Å². The molecule has 0 aliphatic carbocycles. The third-order valence-corrected chi connectivity index (χ3v) is 4.36. The molecule has 0 atom stereocenters. The van der Waals surface area contributed by atoms with Gasteiger partial charge < -0.3 is 15.2 Å². The molecule has 0 radical (unpaired) electrons. The molecule has 0 aromatic heterocycles. The van der Waals surface area contributed by atoms with Crippen molar-refractivity contribution in [3.05, 3.63) is 81.3 Å². The molecule has 0 aliphatic heterocycles. The Bertz CT molecular complexity index is 961. The van der Waals surface area contributed by atoms with Gasteiger partial charge >= 0.3 is 0 Å². The van der Waals surface area contributed by atoms with Gasteiger partial charge in [0.05, 0.1) is 11.3 Å². The number of carbonyl (C=O) groups excluding carboxylic acids is 1. The SMILES string of the molecule is Cc1cc(Br)cc(C(=O)Nc2cc(Cl)ccc2Oc2ccccc2)c1O. The average molecular weight is 433 g/mol. The molecule has 0 aliphatic rings. The zero-order chi connectivity index (χ0) is 18.7. The first-order valence-corrected chi connectivity index (χ1v) is 8.94. The molecule has 0 heterocycles. The fourth-order valence-corrected chi connectivity index (χ4v) is 3.15. The molecule has 3 rings (SSSR count). The van der Waals surface area contributed by atoms with E-state index in [2.05, 4.69) is 21.2 Å². The number of rotatable bonds is 4. The van der Waals surface area contributed by atoms with Crippen LogP contribution in [0.15, 0.2) is 65.1 Å². The van der Waals surface area contributed by atoms with Crippen LogP contribution < -0.4 is 10.1 Å². The fraction of sp³-hybridized carbons (Fsp3) is 0.0500. The number of amides is 1. The first kappa shape index (κ1) is 18.3. The Kier molecular flexibility index (Phi) is 5.49. The maximum Gasteiger partial charge on any atom is 0.259 e. The molecular weight excluding hydrogens is 418 g/mol. The zero-order valence-electron chi connectivity index (χ0n) is 13.8. The number of phenols is 1. The summed E-state index contributed by atoms with van der Waals surface area (Å²) in [6.07, 6.45) is 0. The highest BCUT2D eigenvalue weighted by Gasteiger charge is 2.17. The number of halogens is 2. The summed E-state index contributed by atoms with van der Waals surface area (Å²) >= 11 is 9.40. The van der Waals surface area contributed by atoms with E-state index in [0.29, 0.717) is 32.2 Å². The summed E-state index contributed by atoms with van der Waals surface area (Å²) in [5.74, 6) is 0.539. The molecule has 3 aromatic carbocycles. The summed E-state index contributed by atoms with van der Waals surface area (Å²) in [6, 6.07) is 17.4. The third kappa shape index (κ3) is 4.18. The molecular formula is C20H15BrClNO3. The molecule has 132 valence electrons. The lowest BCUT2D eigenvalue weighted by Gasteiger charge is -2.14. The fourth-order valence-electron chi connectivity index (χ4n) is 2.40. The van der Waals surface area contributed by atoms with E-state index < -0.39 is 5.91 Å². The predicted molar refractivity (Wildman–Crippen MR) is 106 cm³/mol. The Balaban J connectivity index is 1.92. The van der Waals surface area contributed by atoms with Crippen molar-refractivity contribution in [2.45, 2.75) is 6.92 Å². The van der Waals surface area contributed by atoms with Crippen LogP contribution >= 0.6 is 27.5 Å². The maximum atomic E-state index is 12.7. The Morgan fingerprint density at radius 1 is 1.12 bits per heavy atom. The molecule has 26 heavy (non-hydrogen) atoms. The maximum absolute atomic E-state index is 12.7. The van der Waals surface area contributed by atoms with Crippen molar-refractivity contribution >= 4 is 39.1 Å². The Labute approximate surface area is 164 Å². The van der Waals surface area contributed by atoms with Gasteiger partial charge in [0.15, 0.2) is 5.75 Å². The van der Waals surface area contributed by atoms with Crippen LogP contribution in [0.4, 0.5) is 5.69 Å². The van der Waals surface area contributed by atoms with Gasteiger partial charge in [0.2, 0.25) is 0 Å². The third-order valence-electron chi connectivity index (χ3n) is 3.67. The molecule has 2 N–H and O–H groups in total. The lowest BCUT2D eigenvalue weighted by atomic mass is 10.1. The van der Waals surface area contributed by atoms with Crippen LogP contribution in [0.1, 0.15) is 15.9 Å². The second-order valence-corrected chi connectivity index (χ2v) is 6.98. The van der Waals surface area contributed by atoms with Gasteiger partial charge in [-0.25, -0.2) is 0 Å². The van der Waals surface area contributed by atoms with Gasteiger partial charge in [0.1, 0.15) is 11.5 Å². The standard InChI is InChI=1S/C20H15BrClNO3/c1-12-9-13(21)10-16(19(12)24)20(25)23-17-11-14(22)7-8-18(17)26-15-5-3-2-4-6-15/h2-11,24H,1H3,(H,23,25). The monoisotopic (exact) mass is 431 g/mol. The molecule has 0 bridgehead atoms. The Morgan fingerprint density at radius 3 is 2.58 bits per heavy atom. The summed E-state index contributed by atoms with van der Waals surface area (Å²) in [4.78, 5) is 12.7. The van der Waals surface area contributed by atoms with Crippen molar-refractivity contribution in [3.8, 4) is 17.2 Å². The van der Waals surface area contributed by atoms with Gasteiger partial charge in [-0.1, -0.05) is 45.7 Å². The van der Waals surface area contributed by atoms with E-state index >= 15 is 0 Å². The highest BCUT2D eigenvalue weighted by Crippen LogP contribution is 2.33. The van der Waals surface area contributed by atoms with Crippen LogP contribution in [0.2, 0.25) is 5.02 Å². The molecule has 6 heteroatoms. The van der Waals surface area contributed by atoms with E-state index in [-0.39, 0.29) is 11.3 Å². The van der Waals surface area contributed by atoms with Gasteiger partial charge in [0, 0.05) is 9.50 Å². The zero-order valence-corrected chi connectivity index (χ0v) is 16.1. The van der Waals surface area contributed by atoms with Gasteiger partial charge in [-0.2, -0.15) is 0 Å². The van der Waals surface area contributed by atoms with Crippen LogP contribution in [0.3, 0.4) is 0 Å². The van der Waals surface area contributed by atoms with Crippen molar-refractivity contribution in [3.63, 3.8) is 0 Å². The van der Waals surface area contributed by atoms with Crippen LogP contribution in [-0.2, 0) is 0 Å². The second-order valence-electron chi connectivity index (χ2n) is 5.63. The number of anilines is 1. The average Bonchev–Trinajstić information content (AvgIpc) is 2.61. The summed E-state index contributed by atoms with van der Waals surface area (Å²) in [5, 5.41) is 13.4. The number of hydrogen-bond acceptors (Lipinski definition) is 3. The minimum Gasteiger partial charge on any atom is -0.507 e. The van der Waals surface area contributed by atoms with Crippen molar-refractivity contribution in [2.75, 3.05) is 5.32 Å². The number of aromatic hydroxyl groups is 1. The van der Waals surface area contributed by atoms with Gasteiger partial charge in [0.25, 0.3) is 5.91 Å². The predicted octanol–water partition coefficient (Wildman–Crippen LogP) is 6.16. The highest BCUT2D eigenvalue weighted by molar-refractivity contribution is 9.10. The van der Waals surface area contributed by atoms with E-state index in [1.807, 2.05) is 30.3 Å². The topological polar surface area (TPSA) is 58.6 Å². The van der Waals surface area contributed by atoms with Crippen molar-refractivity contribution in [1.29, 1.82) is 0 Å². The highest BCUT2D eigenvalue weighted by atomic mass is 79.9. The van der Waals surface area contributed by atoms with Crippen molar-refractivity contribution in [1.82, 2.24) is 0 Å². The lowest BCUT2D eigenvalue weighted by molar-refractivity contribution is 0.102. The minimum atomic E-state index is -0.466. The molecule has 4 nitrogen and oxygen atoms in total. The summed E-state index contributed by atoms with van der Waals surface area (Å²) in [5.41, 5.74) is 1.15. The molecule has 0 spiro atoms. The van der Waals surface area contributed by atoms with E-state index in [1.165, 1.54) is 0 Å². The van der Waals surface area contributed by atoms with Crippen molar-refractivity contribution in [2.24, 2.45) is 0 Å². The summed E-state index contributed by atoms with van der Waals surface area (Å²) in [6.45, 7) is 1.72. The smallest absolute Gasteiger partial charge is 0.259 e.